The van der Waals surface area contributed by atoms with E-state index in [0.717, 1.165) is 23.4 Å². The van der Waals surface area contributed by atoms with Crippen molar-refractivity contribution >= 4 is 10.0 Å². The first-order chi connectivity index (χ1) is 9.83. The summed E-state index contributed by atoms with van der Waals surface area (Å²) in [5.41, 5.74) is 2.77. The Morgan fingerprint density at radius 1 is 1.24 bits per heavy atom. The molecule has 1 atom stereocenters. The predicted molar refractivity (Wildman–Crippen MR) is 82.6 cm³/mol. The lowest BCUT2D eigenvalue weighted by Gasteiger charge is -2.13. The molecule has 0 aliphatic heterocycles. The fourth-order valence-electron chi connectivity index (χ4n) is 2.20. The highest BCUT2D eigenvalue weighted by atomic mass is 32.2. The van der Waals surface area contributed by atoms with Gasteiger partial charge in [0.15, 0.2) is 0 Å². The van der Waals surface area contributed by atoms with Crippen molar-refractivity contribution in [3.63, 3.8) is 0 Å². The van der Waals surface area contributed by atoms with Crippen LogP contribution < -0.4 is 4.72 Å². The second-order valence-corrected chi connectivity index (χ2v) is 6.90. The third-order valence-electron chi connectivity index (χ3n) is 3.44. The van der Waals surface area contributed by atoms with Crippen LogP contribution in [0.1, 0.15) is 36.7 Å². The number of nitrogens with one attached hydrogen (secondary N) is 1. The molecule has 2 aromatic rings. The summed E-state index contributed by atoms with van der Waals surface area (Å²) >= 11 is 0. The highest BCUT2D eigenvalue weighted by Crippen LogP contribution is 2.19. The van der Waals surface area contributed by atoms with Gasteiger partial charge in [-0.2, -0.15) is 5.10 Å². The van der Waals surface area contributed by atoms with Crippen molar-refractivity contribution in [3.8, 4) is 0 Å². The van der Waals surface area contributed by atoms with E-state index in [2.05, 4.69) is 9.82 Å². The van der Waals surface area contributed by atoms with Crippen LogP contribution in [0.5, 0.6) is 0 Å². The van der Waals surface area contributed by atoms with Crippen LogP contribution in [0.25, 0.3) is 0 Å². The lowest BCUT2D eigenvalue weighted by atomic mass is 10.1. The monoisotopic (exact) mass is 307 g/mol. The zero-order chi connectivity index (χ0) is 15.6. The van der Waals surface area contributed by atoms with Crippen LogP contribution >= 0.6 is 0 Å². The maximum Gasteiger partial charge on any atom is 0.241 e. The molecule has 0 unspecified atom stereocenters. The summed E-state index contributed by atoms with van der Waals surface area (Å²) in [5.74, 6) is 0. The first-order valence-corrected chi connectivity index (χ1v) is 8.44. The van der Waals surface area contributed by atoms with Crippen LogP contribution in [0.15, 0.2) is 35.4 Å². The molecule has 0 amide bonds. The van der Waals surface area contributed by atoms with Crippen molar-refractivity contribution in [3.05, 3.63) is 47.3 Å². The molecular formula is C15H21N3O2S. The number of rotatable bonds is 5. The minimum Gasteiger partial charge on any atom is -0.272 e. The number of hydrogen-bond acceptors (Lipinski definition) is 3. The largest absolute Gasteiger partial charge is 0.272 e. The van der Waals surface area contributed by atoms with Gasteiger partial charge in [-0.1, -0.05) is 17.7 Å². The topological polar surface area (TPSA) is 64.0 Å². The van der Waals surface area contributed by atoms with Crippen LogP contribution in [0.4, 0.5) is 0 Å². The van der Waals surface area contributed by atoms with Crippen molar-refractivity contribution < 1.29 is 8.42 Å². The summed E-state index contributed by atoms with van der Waals surface area (Å²) in [6, 6.07) is 6.50. The Labute approximate surface area is 126 Å². The van der Waals surface area contributed by atoms with E-state index in [1.807, 2.05) is 33.9 Å². The smallest absolute Gasteiger partial charge is 0.241 e. The van der Waals surface area contributed by atoms with E-state index in [-0.39, 0.29) is 10.9 Å². The zero-order valence-corrected chi connectivity index (χ0v) is 13.6. The van der Waals surface area contributed by atoms with E-state index < -0.39 is 10.0 Å². The third-order valence-corrected chi connectivity index (χ3v) is 4.99. The molecule has 0 aliphatic carbocycles. The molecule has 1 aromatic carbocycles. The minimum atomic E-state index is -3.53. The molecule has 6 heteroatoms. The number of aromatic nitrogens is 2. The normalized spacial score (nSPS) is 13.3. The molecule has 0 bridgehead atoms. The molecule has 0 fully saturated rings. The van der Waals surface area contributed by atoms with Crippen molar-refractivity contribution in [2.75, 3.05) is 0 Å². The minimum absolute atomic E-state index is 0.278. The van der Waals surface area contributed by atoms with Gasteiger partial charge in [0.05, 0.1) is 10.6 Å². The van der Waals surface area contributed by atoms with Crippen molar-refractivity contribution in [2.24, 2.45) is 0 Å². The van der Waals surface area contributed by atoms with E-state index in [0.29, 0.717) is 0 Å². The van der Waals surface area contributed by atoms with Crippen LogP contribution in [0, 0.1) is 13.8 Å². The Hall–Kier alpha value is -1.66. The summed E-state index contributed by atoms with van der Waals surface area (Å²) in [4.78, 5) is 0.278. The molecule has 1 N–H and O–H groups in total. The van der Waals surface area contributed by atoms with Crippen molar-refractivity contribution in [1.29, 1.82) is 0 Å². The van der Waals surface area contributed by atoms with E-state index in [9.17, 15) is 8.42 Å². The van der Waals surface area contributed by atoms with Crippen LogP contribution in [-0.4, -0.2) is 18.2 Å². The van der Waals surface area contributed by atoms with Crippen molar-refractivity contribution in [1.82, 2.24) is 14.5 Å². The van der Waals surface area contributed by atoms with Gasteiger partial charge < -0.3 is 0 Å². The molecule has 5 nitrogen and oxygen atoms in total. The van der Waals surface area contributed by atoms with Crippen LogP contribution in [-0.2, 0) is 16.6 Å². The molecule has 114 valence electrons. The first kappa shape index (κ1) is 15.7. The van der Waals surface area contributed by atoms with Gasteiger partial charge in [-0.15, -0.1) is 0 Å². The molecular weight excluding hydrogens is 286 g/mol. The van der Waals surface area contributed by atoms with Gasteiger partial charge in [0.1, 0.15) is 0 Å². The molecule has 0 saturated heterocycles. The number of sulfonamides is 1. The van der Waals surface area contributed by atoms with E-state index in [1.54, 1.807) is 28.9 Å². The lowest BCUT2D eigenvalue weighted by molar-refractivity contribution is 0.566. The number of nitrogens with zero attached hydrogens (tertiary/aromatic N) is 2. The number of hydrogen-bond donors (Lipinski definition) is 1. The summed E-state index contributed by atoms with van der Waals surface area (Å²) in [6.07, 6.45) is 1.89. The van der Waals surface area contributed by atoms with Crippen LogP contribution in [0.2, 0.25) is 0 Å². The molecule has 0 radical (unpaired) electrons. The molecule has 0 aliphatic rings. The third kappa shape index (κ3) is 3.51. The molecule has 0 saturated carbocycles. The zero-order valence-electron chi connectivity index (χ0n) is 12.8. The summed E-state index contributed by atoms with van der Waals surface area (Å²) < 4.78 is 29.3. The number of benzene rings is 1. The van der Waals surface area contributed by atoms with Gasteiger partial charge in [-0.3, -0.25) is 4.68 Å². The Bertz CT molecular complexity index is 718. The standard InChI is InChI=1S/C15H21N3O2S/c1-5-18-10-15(12(3)16-18)13(4)17-21(19,20)14-8-6-11(2)7-9-14/h6-10,13,17H,5H2,1-4H3/t13-/m0/s1. The van der Waals surface area contributed by atoms with Gasteiger partial charge in [-0.05, 0) is 39.8 Å². The van der Waals surface area contributed by atoms with Crippen molar-refractivity contribution in [2.45, 2.75) is 45.2 Å². The van der Waals surface area contributed by atoms with Gasteiger partial charge in [0.25, 0.3) is 0 Å². The quantitative estimate of drug-likeness (QED) is 0.923. The van der Waals surface area contributed by atoms with Crippen LogP contribution in [0.3, 0.4) is 0 Å². The molecule has 2 rings (SSSR count). The van der Waals surface area contributed by atoms with Gasteiger partial charge in [0.2, 0.25) is 10.0 Å². The fraction of sp³-hybridized carbons (Fsp3) is 0.400. The Kier molecular flexibility index (Phi) is 4.49. The average Bonchev–Trinajstić information content (AvgIpc) is 2.80. The highest BCUT2D eigenvalue weighted by molar-refractivity contribution is 7.89. The fourth-order valence-corrected chi connectivity index (χ4v) is 3.42. The maximum atomic E-state index is 12.4. The van der Waals surface area contributed by atoms with E-state index >= 15 is 0 Å². The summed E-state index contributed by atoms with van der Waals surface area (Å²) in [5, 5.41) is 4.35. The highest BCUT2D eigenvalue weighted by Gasteiger charge is 2.20. The molecule has 0 spiro atoms. The van der Waals surface area contributed by atoms with E-state index in [1.165, 1.54) is 0 Å². The summed E-state index contributed by atoms with van der Waals surface area (Å²) in [7, 11) is -3.53. The second kappa shape index (κ2) is 5.99. The molecule has 1 aromatic heterocycles. The first-order valence-electron chi connectivity index (χ1n) is 6.96. The Morgan fingerprint density at radius 3 is 2.38 bits per heavy atom. The lowest BCUT2D eigenvalue weighted by Crippen LogP contribution is -2.27. The van der Waals surface area contributed by atoms with E-state index in [4.69, 9.17) is 0 Å². The predicted octanol–water partition coefficient (Wildman–Crippen LogP) is 2.56. The van der Waals surface area contributed by atoms with Gasteiger partial charge >= 0.3 is 0 Å². The summed E-state index contributed by atoms with van der Waals surface area (Å²) in [6.45, 7) is 8.40. The molecule has 21 heavy (non-hydrogen) atoms. The van der Waals surface area contributed by atoms with Gasteiger partial charge in [-0.25, -0.2) is 13.1 Å². The number of aryl methyl sites for hydroxylation is 3. The Morgan fingerprint density at radius 2 is 1.86 bits per heavy atom. The SMILES string of the molecule is CCn1cc([C@H](C)NS(=O)(=O)c2ccc(C)cc2)c(C)n1. The second-order valence-electron chi connectivity index (χ2n) is 5.18. The average molecular weight is 307 g/mol. The maximum absolute atomic E-state index is 12.4. The van der Waals surface area contributed by atoms with Gasteiger partial charge in [0, 0.05) is 24.3 Å². The Balaban J connectivity index is 2.23. The molecule has 1 heterocycles.